The van der Waals surface area contributed by atoms with Crippen molar-refractivity contribution in [2.24, 2.45) is 0 Å². The van der Waals surface area contributed by atoms with Gasteiger partial charge >= 0.3 is 0 Å². The zero-order valence-electron chi connectivity index (χ0n) is 6.89. The molecule has 1 heterocycles. The topological polar surface area (TPSA) is 12.0 Å². The van der Waals surface area contributed by atoms with Gasteiger partial charge in [0.25, 0.3) is 0 Å². The lowest BCUT2D eigenvalue weighted by Gasteiger charge is -2.28. The van der Waals surface area contributed by atoms with Gasteiger partial charge < -0.3 is 5.32 Å². The minimum atomic E-state index is 0. The molecule has 0 amide bonds. The van der Waals surface area contributed by atoms with E-state index in [0.29, 0.717) is 6.04 Å². The van der Waals surface area contributed by atoms with Crippen LogP contribution in [0.2, 0.25) is 10.0 Å². The Labute approximate surface area is 93.8 Å². The predicted octanol–water partition coefficient (Wildman–Crippen LogP) is 3.45. The summed E-state index contributed by atoms with van der Waals surface area (Å²) in [4.78, 5) is 0. The van der Waals surface area contributed by atoms with Gasteiger partial charge in [0.2, 0.25) is 0 Å². The van der Waals surface area contributed by atoms with Crippen LogP contribution in [0, 0.1) is 0 Å². The molecule has 0 aliphatic carbocycles. The first kappa shape index (κ1) is 11.1. The Balaban J connectivity index is 0.000000845. The van der Waals surface area contributed by atoms with Gasteiger partial charge in [0, 0.05) is 16.1 Å². The van der Waals surface area contributed by atoms with Crippen molar-refractivity contribution in [1.82, 2.24) is 5.32 Å². The minimum Gasteiger partial charge on any atom is -0.310 e. The smallest absolute Gasteiger partial charge is 0.0454 e. The fraction of sp³-hybridized carbons (Fsp3) is 0.333. The fourth-order valence-electron chi connectivity index (χ4n) is 1.34. The maximum Gasteiger partial charge on any atom is 0.0454 e. The molecule has 2 rings (SSSR count). The van der Waals surface area contributed by atoms with Crippen LogP contribution in [0.4, 0.5) is 0 Å². The van der Waals surface area contributed by atoms with Gasteiger partial charge in [0.15, 0.2) is 0 Å². The summed E-state index contributed by atoms with van der Waals surface area (Å²) in [5.74, 6) is 0. The third-order valence-electron chi connectivity index (χ3n) is 2.16. The summed E-state index contributed by atoms with van der Waals surface area (Å²) in [6, 6.07) is 6.00. The minimum absolute atomic E-state index is 0. The maximum absolute atomic E-state index is 6.01. The van der Waals surface area contributed by atoms with Crippen LogP contribution in [-0.2, 0) is 0 Å². The van der Waals surface area contributed by atoms with Crippen molar-refractivity contribution in [3.8, 4) is 0 Å². The summed E-state index contributed by atoms with van der Waals surface area (Å²) >= 11 is 11.9. The van der Waals surface area contributed by atoms with E-state index >= 15 is 0 Å². The summed E-state index contributed by atoms with van der Waals surface area (Å²) in [5, 5.41) is 4.84. The average Bonchev–Trinajstić information content (AvgIpc) is 1.93. The standard InChI is InChI=1S/C9H9Cl2N.ClH/c10-6-1-2-8(11)7(5-6)9-3-4-12-9;/h1-2,5,9,12H,3-4H2;1H/t9-;/m1./s1. The molecule has 0 unspecified atom stereocenters. The maximum atomic E-state index is 6.01. The van der Waals surface area contributed by atoms with Crippen LogP contribution in [0.3, 0.4) is 0 Å². The van der Waals surface area contributed by atoms with Crippen LogP contribution in [0.5, 0.6) is 0 Å². The summed E-state index contributed by atoms with van der Waals surface area (Å²) in [5.41, 5.74) is 1.12. The van der Waals surface area contributed by atoms with Gasteiger partial charge in [-0.3, -0.25) is 0 Å². The van der Waals surface area contributed by atoms with Gasteiger partial charge in [-0.25, -0.2) is 0 Å². The summed E-state index contributed by atoms with van der Waals surface area (Å²) in [7, 11) is 0. The number of halogens is 3. The highest BCUT2D eigenvalue weighted by Crippen LogP contribution is 2.31. The van der Waals surface area contributed by atoms with E-state index in [1.54, 1.807) is 0 Å². The molecule has 1 aliphatic heterocycles. The van der Waals surface area contributed by atoms with Crippen molar-refractivity contribution < 1.29 is 0 Å². The van der Waals surface area contributed by atoms with Gasteiger partial charge in [-0.05, 0) is 36.7 Å². The molecule has 4 heteroatoms. The Morgan fingerprint density at radius 1 is 1.31 bits per heavy atom. The second-order valence-electron chi connectivity index (χ2n) is 2.96. The van der Waals surface area contributed by atoms with Crippen LogP contribution in [0.25, 0.3) is 0 Å². The molecule has 1 atom stereocenters. The number of hydrogen-bond acceptors (Lipinski definition) is 1. The molecule has 1 fully saturated rings. The number of benzene rings is 1. The first-order chi connectivity index (χ1) is 5.77. The Morgan fingerprint density at radius 2 is 2.00 bits per heavy atom. The van der Waals surface area contributed by atoms with Crippen LogP contribution in [0.15, 0.2) is 18.2 Å². The molecule has 0 bridgehead atoms. The van der Waals surface area contributed by atoms with E-state index < -0.39 is 0 Å². The summed E-state index contributed by atoms with van der Waals surface area (Å²) in [6.07, 6.45) is 1.15. The molecule has 13 heavy (non-hydrogen) atoms. The first-order valence-corrected chi connectivity index (χ1v) is 4.71. The molecule has 0 spiro atoms. The molecule has 1 aromatic carbocycles. The van der Waals surface area contributed by atoms with Gasteiger partial charge in [-0.1, -0.05) is 23.2 Å². The Hall–Kier alpha value is 0.0500. The molecule has 0 aromatic heterocycles. The Kier molecular flexibility index (Phi) is 3.87. The molecule has 0 radical (unpaired) electrons. The van der Waals surface area contributed by atoms with E-state index in [0.717, 1.165) is 28.6 Å². The Bertz CT molecular complexity index is 297. The van der Waals surface area contributed by atoms with E-state index in [-0.39, 0.29) is 12.4 Å². The number of rotatable bonds is 1. The molecule has 72 valence electrons. The summed E-state index contributed by atoms with van der Waals surface area (Å²) in [6.45, 7) is 1.08. The van der Waals surface area contributed by atoms with Crippen molar-refractivity contribution in [1.29, 1.82) is 0 Å². The van der Waals surface area contributed by atoms with Crippen LogP contribution in [0.1, 0.15) is 18.0 Å². The second-order valence-corrected chi connectivity index (χ2v) is 3.80. The average molecular weight is 239 g/mol. The molecular formula is C9H10Cl3N. The normalized spacial score (nSPS) is 20.3. The van der Waals surface area contributed by atoms with Crippen molar-refractivity contribution in [3.63, 3.8) is 0 Å². The van der Waals surface area contributed by atoms with Crippen molar-refractivity contribution >= 4 is 35.6 Å². The van der Waals surface area contributed by atoms with Crippen LogP contribution in [-0.4, -0.2) is 6.54 Å². The van der Waals surface area contributed by atoms with E-state index in [1.165, 1.54) is 0 Å². The molecule has 1 aliphatic rings. The molecule has 1 aromatic rings. The van der Waals surface area contributed by atoms with Crippen LogP contribution >= 0.6 is 35.6 Å². The van der Waals surface area contributed by atoms with Gasteiger partial charge in [0.05, 0.1) is 0 Å². The fourth-order valence-corrected chi connectivity index (χ4v) is 1.77. The monoisotopic (exact) mass is 237 g/mol. The van der Waals surface area contributed by atoms with Gasteiger partial charge in [0.1, 0.15) is 0 Å². The van der Waals surface area contributed by atoms with E-state index in [4.69, 9.17) is 23.2 Å². The Morgan fingerprint density at radius 3 is 2.54 bits per heavy atom. The van der Waals surface area contributed by atoms with E-state index in [2.05, 4.69) is 5.32 Å². The third kappa shape index (κ3) is 2.29. The van der Waals surface area contributed by atoms with Gasteiger partial charge in [-0.2, -0.15) is 0 Å². The first-order valence-electron chi connectivity index (χ1n) is 3.96. The lowest BCUT2D eigenvalue weighted by atomic mass is 9.98. The predicted molar refractivity (Wildman–Crippen MR) is 59.1 cm³/mol. The molecule has 1 N–H and O–H groups in total. The lowest BCUT2D eigenvalue weighted by Crippen LogP contribution is -2.35. The largest absolute Gasteiger partial charge is 0.310 e. The van der Waals surface area contributed by atoms with Crippen molar-refractivity contribution in [2.75, 3.05) is 6.54 Å². The highest BCUT2D eigenvalue weighted by molar-refractivity contribution is 6.33. The molecule has 1 saturated heterocycles. The summed E-state index contributed by atoms with van der Waals surface area (Å²) < 4.78 is 0. The van der Waals surface area contributed by atoms with E-state index in [9.17, 15) is 0 Å². The zero-order chi connectivity index (χ0) is 8.55. The van der Waals surface area contributed by atoms with Crippen molar-refractivity contribution in [2.45, 2.75) is 12.5 Å². The second kappa shape index (κ2) is 4.52. The number of nitrogens with one attached hydrogen (secondary N) is 1. The molecule has 0 saturated carbocycles. The zero-order valence-corrected chi connectivity index (χ0v) is 9.22. The molecular weight excluding hydrogens is 228 g/mol. The quantitative estimate of drug-likeness (QED) is 0.790. The van der Waals surface area contributed by atoms with Gasteiger partial charge in [-0.15, -0.1) is 12.4 Å². The van der Waals surface area contributed by atoms with E-state index in [1.807, 2.05) is 18.2 Å². The third-order valence-corrected chi connectivity index (χ3v) is 2.74. The highest BCUT2D eigenvalue weighted by Gasteiger charge is 2.20. The number of hydrogen-bond donors (Lipinski definition) is 1. The molecule has 1 nitrogen and oxygen atoms in total. The highest BCUT2D eigenvalue weighted by atomic mass is 35.5. The lowest BCUT2D eigenvalue weighted by molar-refractivity contribution is 0.383. The van der Waals surface area contributed by atoms with Crippen molar-refractivity contribution in [3.05, 3.63) is 33.8 Å². The SMILES string of the molecule is Cl.Clc1ccc(Cl)c([C@H]2CCN2)c1. The van der Waals surface area contributed by atoms with Crippen LogP contribution < -0.4 is 5.32 Å².